The van der Waals surface area contributed by atoms with Crippen LogP contribution in [0.2, 0.25) is 0 Å². The van der Waals surface area contributed by atoms with Gasteiger partial charge in [0.1, 0.15) is 21.5 Å². The number of hydrogen-bond donors (Lipinski definition) is 0. The molecular formula is C12H14N2O3S. The lowest BCUT2D eigenvalue weighted by atomic mass is 9.94. The lowest BCUT2D eigenvalue weighted by molar-refractivity contribution is 0.395. The smallest absolute Gasteiger partial charge is 0.231 e. The number of rotatable bonds is 2. The van der Waals surface area contributed by atoms with E-state index in [1.807, 2.05) is 6.07 Å². The van der Waals surface area contributed by atoms with Gasteiger partial charge in [0.05, 0.1) is 18.6 Å². The Morgan fingerprint density at radius 3 is 2.67 bits per heavy atom. The van der Waals surface area contributed by atoms with Gasteiger partial charge >= 0.3 is 0 Å². The van der Waals surface area contributed by atoms with Crippen LogP contribution in [0.1, 0.15) is 29.9 Å². The van der Waals surface area contributed by atoms with Crippen molar-refractivity contribution in [2.75, 3.05) is 18.6 Å². The van der Waals surface area contributed by atoms with Gasteiger partial charge in [-0.15, -0.1) is 0 Å². The second kappa shape index (κ2) is 4.94. The molecule has 6 heteroatoms. The molecule has 0 saturated carbocycles. The molecule has 18 heavy (non-hydrogen) atoms. The van der Waals surface area contributed by atoms with Crippen molar-refractivity contribution in [2.24, 2.45) is 0 Å². The number of ether oxygens (including phenoxy) is 1. The maximum atomic E-state index is 11.4. The molecule has 1 aliphatic rings. The van der Waals surface area contributed by atoms with Crippen molar-refractivity contribution >= 4 is 9.84 Å². The van der Waals surface area contributed by atoms with Crippen molar-refractivity contribution in [3.63, 3.8) is 0 Å². The molecule has 1 aromatic rings. The van der Waals surface area contributed by atoms with Gasteiger partial charge in [-0.1, -0.05) is 0 Å². The molecule has 0 aromatic carbocycles. The molecule has 1 saturated heterocycles. The first-order valence-electron chi connectivity index (χ1n) is 5.70. The Kier molecular flexibility index (Phi) is 3.53. The van der Waals surface area contributed by atoms with Crippen molar-refractivity contribution in [2.45, 2.75) is 18.8 Å². The van der Waals surface area contributed by atoms with E-state index in [-0.39, 0.29) is 17.4 Å². The molecule has 96 valence electrons. The molecule has 0 bridgehead atoms. The summed E-state index contributed by atoms with van der Waals surface area (Å²) in [5.74, 6) is 0.903. The van der Waals surface area contributed by atoms with Gasteiger partial charge < -0.3 is 4.74 Å². The van der Waals surface area contributed by atoms with Crippen molar-refractivity contribution in [1.82, 2.24) is 4.98 Å². The van der Waals surface area contributed by atoms with Crippen LogP contribution >= 0.6 is 0 Å². The van der Waals surface area contributed by atoms with Crippen LogP contribution in [0, 0.1) is 11.3 Å². The van der Waals surface area contributed by atoms with E-state index in [1.54, 1.807) is 12.3 Å². The summed E-state index contributed by atoms with van der Waals surface area (Å²) in [6.07, 6.45) is 2.87. The highest BCUT2D eigenvalue weighted by Gasteiger charge is 2.25. The molecule has 2 rings (SSSR count). The number of pyridine rings is 1. The van der Waals surface area contributed by atoms with E-state index < -0.39 is 9.84 Å². The molecule has 0 atom stereocenters. The van der Waals surface area contributed by atoms with Gasteiger partial charge in [0.15, 0.2) is 0 Å². The maximum Gasteiger partial charge on any atom is 0.231 e. The van der Waals surface area contributed by atoms with Crippen molar-refractivity contribution in [3.8, 4) is 11.9 Å². The zero-order chi connectivity index (χ0) is 13.2. The van der Waals surface area contributed by atoms with Gasteiger partial charge in [-0.3, -0.25) is 0 Å². The normalized spacial score (nSPS) is 19.1. The van der Waals surface area contributed by atoms with E-state index in [1.165, 1.54) is 7.11 Å². The Morgan fingerprint density at radius 1 is 1.44 bits per heavy atom. The first kappa shape index (κ1) is 12.8. The highest BCUT2D eigenvalue weighted by molar-refractivity contribution is 7.91. The second-order valence-corrected chi connectivity index (χ2v) is 6.67. The van der Waals surface area contributed by atoms with E-state index in [0.29, 0.717) is 24.3 Å². The molecular weight excluding hydrogens is 252 g/mol. The van der Waals surface area contributed by atoms with Gasteiger partial charge in [0, 0.05) is 6.20 Å². The Hall–Kier alpha value is -1.61. The van der Waals surface area contributed by atoms with Crippen LogP contribution in [0.25, 0.3) is 0 Å². The molecule has 1 fully saturated rings. The predicted molar refractivity (Wildman–Crippen MR) is 66.1 cm³/mol. The predicted octanol–water partition coefficient (Wildman–Crippen LogP) is 1.25. The van der Waals surface area contributed by atoms with E-state index in [9.17, 15) is 8.42 Å². The first-order chi connectivity index (χ1) is 8.55. The Morgan fingerprint density at radius 2 is 2.11 bits per heavy atom. The molecule has 0 N–H and O–H groups in total. The van der Waals surface area contributed by atoms with Gasteiger partial charge in [0.2, 0.25) is 5.88 Å². The van der Waals surface area contributed by atoms with E-state index >= 15 is 0 Å². The molecule has 2 heterocycles. The Bertz CT molecular complexity index is 576. The molecule has 0 aliphatic carbocycles. The van der Waals surface area contributed by atoms with Crippen molar-refractivity contribution in [3.05, 3.63) is 23.4 Å². The van der Waals surface area contributed by atoms with Gasteiger partial charge in [-0.25, -0.2) is 13.4 Å². The van der Waals surface area contributed by atoms with Crippen molar-refractivity contribution < 1.29 is 13.2 Å². The average Bonchev–Trinajstić information content (AvgIpc) is 2.38. The third kappa shape index (κ3) is 2.62. The minimum absolute atomic E-state index is 0.166. The molecule has 5 nitrogen and oxygen atoms in total. The summed E-state index contributed by atoms with van der Waals surface area (Å²) in [5, 5.41) is 8.99. The molecule has 0 spiro atoms. The maximum absolute atomic E-state index is 11.4. The Labute approximate surface area is 106 Å². The fourth-order valence-electron chi connectivity index (χ4n) is 2.16. The van der Waals surface area contributed by atoms with E-state index in [2.05, 4.69) is 4.98 Å². The zero-order valence-corrected chi connectivity index (χ0v) is 10.9. The number of nitriles is 1. The summed E-state index contributed by atoms with van der Waals surface area (Å²) in [5.41, 5.74) is 1.31. The molecule has 1 aliphatic heterocycles. The first-order valence-corrected chi connectivity index (χ1v) is 7.52. The topological polar surface area (TPSA) is 80.0 Å². The van der Waals surface area contributed by atoms with E-state index in [4.69, 9.17) is 10.00 Å². The molecule has 0 amide bonds. The summed E-state index contributed by atoms with van der Waals surface area (Å²) in [6.45, 7) is 0. The summed E-state index contributed by atoms with van der Waals surface area (Å²) in [7, 11) is -1.39. The largest absolute Gasteiger partial charge is 0.480 e. The van der Waals surface area contributed by atoms with Crippen LogP contribution in [0.15, 0.2) is 12.3 Å². The number of nitrogens with zero attached hydrogens (tertiary/aromatic N) is 2. The lowest BCUT2D eigenvalue weighted by Gasteiger charge is -2.22. The third-order valence-electron chi connectivity index (χ3n) is 3.21. The molecule has 0 unspecified atom stereocenters. The second-order valence-electron chi connectivity index (χ2n) is 4.36. The van der Waals surface area contributed by atoms with Crippen LogP contribution in [0.4, 0.5) is 0 Å². The SMILES string of the molecule is COc1ncc(C2CCS(=O)(=O)CC2)cc1C#N. The van der Waals surface area contributed by atoms with Crippen LogP contribution < -0.4 is 4.74 Å². The standard InChI is InChI=1S/C12H14N2O3S/c1-17-12-10(7-13)6-11(8-14-12)9-2-4-18(15,16)5-3-9/h6,8-9H,2-5H2,1H3. The highest BCUT2D eigenvalue weighted by atomic mass is 32.2. The number of methoxy groups -OCH3 is 1. The van der Waals surface area contributed by atoms with Gasteiger partial charge in [-0.2, -0.15) is 5.26 Å². The van der Waals surface area contributed by atoms with Gasteiger partial charge in [-0.05, 0) is 30.4 Å². The van der Waals surface area contributed by atoms with Crippen LogP contribution in [-0.4, -0.2) is 32.0 Å². The minimum Gasteiger partial charge on any atom is -0.480 e. The number of aromatic nitrogens is 1. The summed E-state index contributed by atoms with van der Waals surface area (Å²) >= 11 is 0. The fraction of sp³-hybridized carbons (Fsp3) is 0.500. The zero-order valence-electron chi connectivity index (χ0n) is 10.1. The van der Waals surface area contributed by atoms with Crippen LogP contribution in [0.3, 0.4) is 0 Å². The van der Waals surface area contributed by atoms with Gasteiger partial charge in [0.25, 0.3) is 0 Å². The summed E-state index contributed by atoms with van der Waals surface area (Å²) < 4.78 is 27.7. The molecule has 1 aromatic heterocycles. The van der Waals surface area contributed by atoms with E-state index in [0.717, 1.165) is 5.56 Å². The third-order valence-corrected chi connectivity index (χ3v) is 4.93. The summed E-state index contributed by atoms with van der Waals surface area (Å²) in [4.78, 5) is 4.09. The minimum atomic E-state index is -2.86. The van der Waals surface area contributed by atoms with Crippen LogP contribution in [0.5, 0.6) is 5.88 Å². The summed E-state index contributed by atoms with van der Waals surface area (Å²) in [6, 6.07) is 3.78. The number of sulfone groups is 1. The van der Waals surface area contributed by atoms with Crippen molar-refractivity contribution in [1.29, 1.82) is 5.26 Å². The number of hydrogen-bond acceptors (Lipinski definition) is 5. The highest BCUT2D eigenvalue weighted by Crippen LogP contribution is 2.30. The fourth-order valence-corrected chi connectivity index (χ4v) is 3.65. The Balaban J connectivity index is 2.23. The average molecular weight is 266 g/mol. The monoisotopic (exact) mass is 266 g/mol. The van der Waals surface area contributed by atoms with Crippen LogP contribution in [-0.2, 0) is 9.84 Å². The quantitative estimate of drug-likeness (QED) is 0.805. The lowest BCUT2D eigenvalue weighted by Crippen LogP contribution is -2.22. The molecule has 0 radical (unpaired) electrons.